The Morgan fingerprint density at radius 2 is 1.39 bits per heavy atom. The highest BCUT2D eigenvalue weighted by molar-refractivity contribution is 6.74. The van der Waals surface area contributed by atoms with Crippen molar-refractivity contribution in [3.63, 3.8) is 0 Å². The van der Waals surface area contributed by atoms with E-state index in [0.717, 1.165) is 56.1 Å². The maximum Gasteiger partial charge on any atom is 0.305 e. The molecule has 0 saturated carbocycles. The first-order chi connectivity index (χ1) is 32.7. The first-order valence-corrected chi connectivity index (χ1v) is 33.0. The minimum atomic E-state index is -2.16. The van der Waals surface area contributed by atoms with Gasteiger partial charge in [0.05, 0.1) is 85.8 Å². The molecule has 16 heteroatoms. The molecule has 0 aliphatic carbocycles. The van der Waals surface area contributed by atoms with Gasteiger partial charge in [0.2, 0.25) is 0 Å². The fourth-order valence-electron chi connectivity index (χ4n) is 12.7. The third kappa shape index (κ3) is 10.8. The van der Waals surface area contributed by atoms with Crippen LogP contribution in [0.5, 0.6) is 0 Å². The van der Waals surface area contributed by atoms with Gasteiger partial charge in [-0.15, -0.1) is 0 Å². The molecule has 10 aliphatic rings. The predicted molar refractivity (Wildman–Crippen MR) is 269 cm³/mol. The molecule has 10 saturated heterocycles. The lowest BCUT2D eigenvalue weighted by Gasteiger charge is -2.52. The van der Waals surface area contributed by atoms with Gasteiger partial charge in [-0.05, 0) is 105 Å². The Kier molecular flexibility index (Phi) is 15.4. The highest BCUT2D eigenvalue weighted by Crippen LogP contribution is 2.55. The fraction of sp³-hybridized carbons (Fsp3) is 0.907. The van der Waals surface area contributed by atoms with E-state index in [4.69, 9.17) is 51.5 Å². The summed E-state index contributed by atoms with van der Waals surface area (Å²) in [6.07, 6.45) is 4.32. The van der Waals surface area contributed by atoms with Gasteiger partial charge in [-0.1, -0.05) is 68.5 Å². The van der Waals surface area contributed by atoms with Crippen molar-refractivity contribution in [2.45, 2.75) is 291 Å². The van der Waals surface area contributed by atoms with Crippen molar-refractivity contribution in [3.8, 4) is 0 Å². The number of aliphatic hydroxyl groups excluding tert-OH is 1. The average Bonchev–Trinajstić information content (AvgIpc) is 3.85. The molecule has 398 valence electrons. The molecule has 21 atom stereocenters. The van der Waals surface area contributed by atoms with E-state index in [1.54, 1.807) is 0 Å². The van der Waals surface area contributed by atoms with Crippen LogP contribution in [0, 0.1) is 11.8 Å². The van der Waals surface area contributed by atoms with E-state index in [1.165, 1.54) is 0 Å². The van der Waals surface area contributed by atoms with Crippen LogP contribution < -0.4 is 0 Å². The molecular formula is C54H90O14Si2. The molecule has 10 heterocycles. The number of carboxylic acids is 1. The summed E-state index contributed by atoms with van der Waals surface area (Å²) < 4.78 is 74.5. The Bertz CT molecular complexity index is 1900. The van der Waals surface area contributed by atoms with Crippen molar-refractivity contribution >= 4 is 22.6 Å². The van der Waals surface area contributed by atoms with Crippen LogP contribution in [0.15, 0.2) is 24.3 Å². The lowest BCUT2D eigenvalue weighted by molar-refractivity contribution is -0.293. The summed E-state index contributed by atoms with van der Waals surface area (Å²) in [6, 6.07) is 0. The quantitative estimate of drug-likeness (QED) is 0.111. The molecule has 0 aromatic rings. The smallest absolute Gasteiger partial charge is 0.305 e. The highest BCUT2D eigenvalue weighted by Gasteiger charge is 2.69. The van der Waals surface area contributed by atoms with E-state index in [0.29, 0.717) is 38.7 Å². The zero-order chi connectivity index (χ0) is 50.5. The molecule has 0 radical (unpaired) electrons. The van der Waals surface area contributed by atoms with Gasteiger partial charge in [-0.25, -0.2) is 0 Å². The summed E-state index contributed by atoms with van der Waals surface area (Å²) in [7, 11) is -4.10. The first-order valence-electron chi connectivity index (χ1n) is 27.2. The van der Waals surface area contributed by atoms with Gasteiger partial charge in [-0.2, -0.15) is 0 Å². The second-order valence-corrected chi connectivity index (χ2v) is 35.7. The molecule has 0 aromatic carbocycles. The van der Waals surface area contributed by atoms with E-state index >= 15 is 0 Å². The molecule has 2 N–H and O–H groups in total. The van der Waals surface area contributed by atoms with E-state index in [9.17, 15) is 15.0 Å². The average molecular weight is 1020 g/mol. The Hall–Kier alpha value is -1.10. The predicted octanol–water partition coefficient (Wildman–Crippen LogP) is 9.17. The van der Waals surface area contributed by atoms with Gasteiger partial charge in [0.15, 0.2) is 22.4 Å². The van der Waals surface area contributed by atoms with Gasteiger partial charge >= 0.3 is 5.97 Å². The molecule has 70 heavy (non-hydrogen) atoms. The second-order valence-electron chi connectivity index (χ2n) is 26.1. The lowest BCUT2D eigenvalue weighted by atomic mass is 9.79. The van der Waals surface area contributed by atoms with Crippen molar-refractivity contribution in [2.75, 3.05) is 6.61 Å². The standard InChI is InChI=1S/C54H90O14Si2/c1-29-23-33(15-17-36-30(2)24-35(59-36)19-21-54-28-43-48(66-54)49-50(65-43)51(67-54)47-38(64-49)18-16-34(61-47)25-44(55)56)60-39(31(29)3)26-41-45(57)32(4)46-42(62-41)27-40(68-70(13,14)53(8,9)10)37(63-46)20-22-58-69(11,12)52(5,6)7/h29,32-43,45-51,57H,2-3,15-28H2,1,4-14H3,(H,55,56)/t29-,32-,33+,34-,35+,36+,37-,38+,39-,40-,41+,42+,43+,45-,46+,47+,48+,49+,50+,51+,54+/m1/s1. The molecular weight excluding hydrogens is 929 g/mol. The van der Waals surface area contributed by atoms with Gasteiger partial charge in [0.1, 0.15) is 30.5 Å². The van der Waals surface area contributed by atoms with Crippen molar-refractivity contribution in [1.29, 1.82) is 0 Å². The molecule has 10 aliphatic heterocycles. The van der Waals surface area contributed by atoms with Gasteiger partial charge in [-0.3, -0.25) is 4.79 Å². The third-order valence-electron chi connectivity index (χ3n) is 19.1. The highest BCUT2D eigenvalue weighted by atomic mass is 28.4. The summed E-state index contributed by atoms with van der Waals surface area (Å²) in [5, 5.41) is 21.6. The summed E-state index contributed by atoms with van der Waals surface area (Å²) >= 11 is 0. The topological polar surface area (TPSA) is 159 Å². The van der Waals surface area contributed by atoms with Crippen molar-refractivity contribution in [2.24, 2.45) is 11.8 Å². The maximum absolute atomic E-state index is 11.9. The third-order valence-corrected chi connectivity index (χ3v) is 28.1. The number of aliphatic hydroxyl groups is 1. The van der Waals surface area contributed by atoms with Crippen LogP contribution in [0.4, 0.5) is 0 Å². The number of ether oxygens (including phenoxy) is 9. The van der Waals surface area contributed by atoms with E-state index in [1.807, 2.05) is 0 Å². The van der Waals surface area contributed by atoms with E-state index in [2.05, 4.69) is 94.7 Å². The van der Waals surface area contributed by atoms with Crippen LogP contribution in [-0.4, -0.2) is 155 Å². The molecule has 0 aromatic heterocycles. The number of hydrogen-bond donors (Lipinski definition) is 2. The number of aliphatic carboxylic acids is 1. The molecule has 10 fully saturated rings. The monoisotopic (exact) mass is 1020 g/mol. The zero-order valence-corrected chi connectivity index (χ0v) is 46.7. The number of rotatable bonds is 16. The SMILES string of the molecule is C=C1C[C@H](CC[C@@]23C[C@@H]4O[C@H]5[C@@H](O[C@H]6CC[C@H](CC(=O)O)O[C@@H]6[C@@H]5O2)[C@H]4O3)O[C@H]1CC[C@H]1C[C@@H](C)C(=C)[C@@H](C[C@@H]2O[C@H]3C[C@@H](O[Si](C)(C)C(C)(C)C)[C@@H](CCO[Si](C)(C)C(C)(C)C)O[C@H]3[C@H](C)[C@H]2O)O1. The minimum absolute atomic E-state index is 0.0115. The van der Waals surface area contributed by atoms with Crippen molar-refractivity contribution < 1.29 is 66.5 Å². The molecule has 0 unspecified atom stereocenters. The van der Waals surface area contributed by atoms with E-state index in [-0.39, 0.29) is 120 Å². The summed E-state index contributed by atoms with van der Waals surface area (Å²) in [6.45, 7) is 36.9. The largest absolute Gasteiger partial charge is 0.481 e. The van der Waals surface area contributed by atoms with Crippen LogP contribution in [0.3, 0.4) is 0 Å². The minimum Gasteiger partial charge on any atom is -0.481 e. The Balaban J connectivity index is 0.783. The molecule has 10 rings (SSSR count). The van der Waals surface area contributed by atoms with Crippen LogP contribution in [0.2, 0.25) is 36.3 Å². The zero-order valence-electron chi connectivity index (χ0n) is 44.7. The van der Waals surface area contributed by atoms with Gasteiger partial charge < -0.3 is 61.7 Å². The summed E-state index contributed by atoms with van der Waals surface area (Å²) in [5.41, 5.74) is 2.17. The first kappa shape index (κ1) is 53.7. The lowest BCUT2D eigenvalue weighted by Crippen LogP contribution is -2.62. The summed E-state index contributed by atoms with van der Waals surface area (Å²) in [4.78, 5) is 11.6. The van der Waals surface area contributed by atoms with Crippen LogP contribution in [0.1, 0.15) is 139 Å². The Labute approximate surface area is 421 Å². The molecule has 0 spiro atoms. The second kappa shape index (κ2) is 20.1. The molecule has 0 amide bonds. The van der Waals surface area contributed by atoms with Crippen LogP contribution in [0.25, 0.3) is 0 Å². The van der Waals surface area contributed by atoms with Crippen molar-refractivity contribution in [3.05, 3.63) is 24.3 Å². The Morgan fingerprint density at radius 1 is 0.700 bits per heavy atom. The van der Waals surface area contributed by atoms with E-state index < -0.39 is 46.7 Å². The van der Waals surface area contributed by atoms with Crippen LogP contribution >= 0.6 is 0 Å². The van der Waals surface area contributed by atoms with Crippen LogP contribution in [-0.2, 0) is 56.3 Å². The number of carbonyl (C=O) groups is 1. The molecule has 14 nitrogen and oxygen atoms in total. The maximum atomic E-state index is 11.9. The number of fused-ring (bicyclic) bond motifs is 2. The Morgan fingerprint density at radius 3 is 2.10 bits per heavy atom. The van der Waals surface area contributed by atoms with Crippen molar-refractivity contribution in [1.82, 2.24) is 0 Å². The van der Waals surface area contributed by atoms with Gasteiger partial charge in [0.25, 0.3) is 0 Å². The fourth-order valence-corrected chi connectivity index (χ4v) is 15.1. The number of carboxylic acid groups (broad SMARTS) is 1. The number of hydrogen-bond acceptors (Lipinski definition) is 13. The molecule has 6 bridgehead atoms. The summed E-state index contributed by atoms with van der Waals surface area (Å²) in [5.74, 6) is -1.58. The normalized spacial score (nSPS) is 45.2. The van der Waals surface area contributed by atoms with Gasteiger partial charge in [0, 0.05) is 38.2 Å².